The summed E-state index contributed by atoms with van der Waals surface area (Å²) in [7, 11) is -4.04. The summed E-state index contributed by atoms with van der Waals surface area (Å²) in [4.78, 5) is 10.2. The molecular formula is C18H16N4O4S. The van der Waals surface area contributed by atoms with Crippen LogP contribution in [-0.2, 0) is 10.0 Å². The lowest BCUT2D eigenvalue weighted by Gasteiger charge is -2.07. The number of nitro groups is 1. The Morgan fingerprint density at radius 1 is 1.07 bits per heavy atom. The Balaban J connectivity index is 1.92. The third kappa shape index (κ3) is 4.10. The van der Waals surface area contributed by atoms with E-state index in [4.69, 9.17) is 5.14 Å². The number of nitro benzene ring substituents is 1. The van der Waals surface area contributed by atoms with Gasteiger partial charge in [0.15, 0.2) is 0 Å². The first-order valence-corrected chi connectivity index (χ1v) is 9.41. The highest BCUT2D eigenvalue weighted by molar-refractivity contribution is 7.89. The Hall–Kier alpha value is -3.30. The SMILES string of the molecule is C/C(=N/Nc1ccc(S(N)(=O)=O)cc1[N+](=O)[O-])c1ccc2ccccc2c1. The van der Waals surface area contributed by atoms with Crippen LogP contribution in [0.2, 0.25) is 0 Å². The fraction of sp³-hybridized carbons (Fsp3) is 0.0556. The smallest absolute Gasteiger partial charge is 0.271 e. The first-order chi connectivity index (χ1) is 12.8. The third-order valence-corrected chi connectivity index (χ3v) is 4.92. The van der Waals surface area contributed by atoms with Crippen LogP contribution in [0.5, 0.6) is 0 Å². The molecule has 0 radical (unpaired) electrons. The van der Waals surface area contributed by atoms with Gasteiger partial charge in [0.05, 0.1) is 15.5 Å². The molecule has 3 aromatic carbocycles. The van der Waals surface area contributed by atoms with E-state index in [1.54, 1.807) is 6.92 Å². The van der Waals surface area contributed by atoms with Crippen molar-refractivity contribution in [1.29, 1.82) is 0 Å². The maximum absolute atomic E-state index is 11.4. The van der Waals surface area contributed by atoms with Gasteiger partial charge in [-0.2, -0.15) is 5.10 Å². The molecular weight excluding hydrogens is 368 g/mol. The van der Waals surface area contributed by atoms with Gasteiger partial charge in [0.1, 0.15) is 5.69 Å². The minimum absolute atomic E-state index is 0.0625. The predicted molar refractivity (Wildman–Crippen MR) is 104 cm³/mol. The molecule has 9 heteroatoms. The highest BCUT2D eigenvalue weighted by Crippen LogP contribution is 2.27. The molecule has 0 spiro atoms. The molecule has 8 nitrogen and oxygen atoms in total. The molecule has 0 saturated heterocycles. The van der Waals surface area contributed by atoms with Crippen LogP contribution in [0.3, 0.4) is 0 Å². The summed E-state index contributed by atoms with van der Waals surface area (Å²) >= 11 is 0. The summed E-state index contributed by atoms with van der Waals surface area (Å²) in [6.45, 7) is 1.77. The number of benzene rings is 3. The van der Waals surface area contributed by atoms with Gasteiger partial charge in [-0.3, -0.25) is 15.5 Å². The van der Waals surface area contributed by atoms with E-state index in [9.17, 15) is 18.5 Å². The molecule has 0 amide bonds. The minimum atomic E-state index is -4.04. The van der Waals surface area contributed by atoms with Gasteiger partial charge in [-0.05, 0) is 41.5 Å². The Labute approximate surface area is 155 Å². The second kappa shape index (κ2) is 7.14. The number of nitrogens with zero attached hydrogens (tertiary/aromatic N) is 2. The van der Waals surface area contributed by atoms with Crippen molar-refractivity contribution in [3.63, 3.8) is 0 Å². The van der Waals surface area contributed by atoms with Crippen LogP contribution in [0.1, 0.15) is 12.5 Å². The topological polar surface area (TPSA) is 128 Å². The molecule has 138 valence electrons. The van der Waals surface area contributed by atoms with E-state index in [0.29, 0.717) is 5.71 Å². The van der Waals surface area contributed by atoms with Crippen molar-refractivity contribution in [3.05, 3.63) is 76.3 Å². The first kappa shape index (κ1) is 18.5. The molecule has 0 heterocycles. The highest BCUT2D eigenvalue weighted by atomic mass is 32.2. The zero-order chi connectivity index (χ0) is 19.6. The van der Waals surface area contributed by atoms with E-state index < -0.39 is 20.6 Å². The second-order valence-corrected chi connectivity index (χ2v) is 7.41. The number of fused-ring (bicyclic) bond motifs is 1. The number of hydrogen-bond acceptors (Lipinski definition) is 6. The quantitative estimate of drug-likeness (QED) is 0.396. The van der Waals surface area contributed by atoms with E-state index in [-0.39, 0.29) is 10.6 Å². The van der Waals surface area contributed by atoms with Crippen molar-refractivity contribution >= 4 is 37.9 Å². The van der Waals surface area contributed by atoms with Crippen LogP contribution in [0.25, 0.3) is 10.8 Å². The molecule has 3 aromatic rings. The molecule has 0 aliphatic rings. The van der Waals surface area contributed by atoms with E-state index >= 15 is 0 Å². The van der Waals surface area contributed by atoms with Crippen LogP contribution in [0.15, 0.2) is 70.7 Å². The Morgan fingerprint density at radius 2 is 1.78 bits per heavy atom. The molecule has 0 atom stereocenters. The fourth-order valence-corrected chi connectivity index (χ4v) is 3.09. The van der Waals surface area contributed by atoms with Gasteiger partial charge in [-0.25, -0.2) is 13.6 Å². The number of rotatable bonds is 5. The van der Waals surface area contributed by atoms with E-state index in [1.165, 1.54) is 12.1 Å². The van der Waals surface area contributed by atoms with Crippen molar-refractivity contribution in [1.82, 2.24) is 0 Å². The molecule has 0 aromatic heterocycles. The van der Waals surface area contributed by atoms with Gasteiger partial charge in [-0.1, -0.05) is 36.4 Å². The maximum atomic E-state index is 11.4. The van der Waals surface area contributed by atoms with Crippen molar-refractivity contribution in [2.45, 2.75) is 11.8 Å². The molecule has 0 unspecified atom stereocenters. The van der Waals surface area contributed by atoms with Gasteiger partial charge in [0.25, 0.3) is 5.69 Å². The van der Waals surface area contributed by atoms with Crippen LogP contribution in [-0.4, -0.2) is 19.1 Å². The van der Waals surface area contributed by atoms with E-state index in [1.807, 2.05) is 42.5 Å². The molecule has 0 aliphatic heterocycles. The van der Waals surface area contributed by atoms with E-state index in [2.05, 4.69) is 10.5 Å². The van der Waals surface area contributed by atoms with E-state index in [0.717, 1.165) is 22.4 Å². The molecule has 0 bridgehead atoms. The van der Waals surface area contributed by atoms with Crippen LogP contribution in [0.4, 0.5) is 11.4 Å². The van der Waals surface area contributed by atoms with Gasteiger partial charge in [-0.15, -0.1) is 0 Å². The Kier molecular flexibility index (Phi) is 4.89. The summed E-state index contributed by atoms with van der Waals surface area (Å²) in [6, 6.07) is 17.1. The molecule has 0 saturated carbocycles. The lowest BCUT2D eigenvalue weighted by atomic mass is 10.0. The maximum Gasteiger partial charge on any atom is 0.295 e. The predicted octanol–water partition coefficient (Wildman–Crippen LogP) is 3.23. The first-order valence-electron chi connectivity index (χ1n) is 7.86. The largest absolute Gasteiger partial charge is 0.295 e. The molecule has 0 fully saturated rings. The van der Waals surface area contributed by atoms with Gasteiger partial charge in [0, 0.05) is 6.07 Å². The van der Waals surface area contributed by atoms with Crippen LogP contribution < -0.4 is 10.6 Å². The average Bonchev–Trinajstić information content (AvgIpc) is 2.64. The lowest BCUT2D eigenvalue weighted by Crippen LogP contribution is -2.12. The number of nitrogens with one attached hydrogen (secondary N) is 1. The number of hydrogen-bond donors (Lipinski definition) is 2. The Morgan fingerprint density at radius 3 is 2.44 bits per heavy atom. The highest BCUT2D eigenvalue weighted by Gasteiger charge is 2.19. The van der Waals surface area contributed by atoms with Crippen molar-refractivity contribution in [3.8, 4) is 0 Å². The third-order valence-electron chi connectivity index (χ3n) is 4.01. The Bertz CT molecular complexity index is 1170. The van der Waals surface area contributed by atoms with Crippen LogP contribution >= 0.6 is 0 Å². The van der Waals surface area contributed by atoms with Crippen molar-refractivity contribution < 1.29 is 13.3 Å². The van der Waals surface area contributed by atoms with Crippen molar-refractivity contribution in [2.24, 2.45) is 10.2 Å². The number of sulfonamides is 1. The van der Waals surface area contributed by atoms with Crippen molar-refractivity contribution in [2.75, 3.05) is 5.43 Å². The zero-order valence-electron chi connectivity index (χ0n) is 14.3. The monoisotopic (exact) mass is 384 g/mol. The fourth-order valence-electron chi connectivity index (χ4n) is 2.56. The molecule has 3 rings (SSSR count). The lowest BCUT2D eigenvalue weighted by molar-refractivity contribution is -0.384. The molecule has 3 N–H and O–H groups in total. The number of nitrogens with two attached hydrogens (primary N) is 1. The molecule has 0 aliphatic carbocycles. The molecule has 27 heavy (non-hydrogen) atoms. The number of hydrazone groups is 1. The summed E-state index contributed by atoms with van der Waals surface area (Å²) in [5.74, 6) is 0. The number of anilines is 1. The summed E-state index contributed by atoms with van der Waals surface area (Å²) in [5, 5.41) is 22.6. The zero-order valence-corrected chi connectivity index (χ0v) is 15.1. The number of primary sulfonamides is 1. The van der Waals surface area contributed by atoms with Crippen LogP contribution in [0, 0.1) is 10.1 Å². The second-order valence-electron chi connectivity index (χ2n) is 5.85. The summed E-state index contributed by atoms with van der Waals surface area (Å²) < 4.78 is 22.8. The minimum Gasteiger partial charge on any atom is -0.271 e. The summed E-state index contributed by atoms with van der Waals surface area (Å²) in [6.07, 6.45) is 0. The standard InChI is InChI=1S/C18H16N4O4S/c1-12(14-7-6-13-4-2-3-5-15(13)10-14)20-21-17-9-8-16(27(19,25)26)11-18(17)22(23)24/h2-11,21H,1H3,(H2,19,25,26)/b20-12-. The van der Waals surface area contributed by atoms with Gasteiger partial charge >= 0.3 is 0 Å². The average molecular weight is 384 g/mol. The summed E-state index contributed by atoms with van der Waals surface area (Å²) in [5.41, 5.74) is 3.73. The van der Waals surface area contributed by atoms with Gasteiger partial charge < -0.3 is 0 Å². The van der Waals surface area contributed by atoms with Gasteiger partial charge in [0.2, 0.25) is 10.0 Å². The normalized spacial score (nSPS) is 12.1.